The molecular formula is C48H95N2O6P. The van der Waals surface area contributed by atoms with Crippen LogP contribution in [0.25, 0.3) is 0 Å². The molecule has 0 saturated heterocycles. The Balaban J connectivity index is 4.23. The van der Waals surface area contributed by atoms with Gasteiger partial charge in [-0.2, -0.15) is 0 Å². The fourth-order valence-electron chi connectivity index (χ4n) is 7.03. The normalized spacial score (nSPS) is 14.4. The molecular weight excluding hydrogens is 732 g/mol. The van der Waals surface area contributed by atoms with Crippen molar-refractivity contribution in [1.29, 1.82) is 0 Å². The monoisotopic (exact) mass is 827 g/mol. The molecule has 3 atom stereocenters. The van der Waals surface area contributed by atoms with Crippen LogP contribution in [0.1, 0.15) is 226 Å². The number of nitrogens with one attached hydrogen (secondary N) is 1. The lowest BCUT2D eigenvalue weighted by molar-refractivity contribution is -0.870. The predicted molar refractivity (Wildman–Crippen MR) is 242 cm³/mol. The Hall–Kier alpha value is -1.02. The number of hydrogen-bond donors (Lipinski definition) is 2. The molecule has 0 fully saturated rings. The fourth-order valence-corrected chi connectivity index (χ4v) is 7.75. The summed E-state index contributed by atoms with van der Waals surface area (Å²) < 4.78 is 23.2. The molecule has 0 aliphatic carbocycles. The summed E-state index contributed by atoms with van der Waals surface area (Å²) in [6.07, 6.45) is 48.0. The second kappa shape index (κ2) is 40.4. The van der Waals surface area contributed by atoms with Gasteiger partial charge in [0.05, 0.1) is 39.9 Å². The highest BCUT2D eigenvalue weighted by atomic mass is 31.2. The lowest BCUT2D eigenvalue weighted by Gasteiger charge is -2.29. The number of quaternary nitrogens is 1. The van der Waals surface area contributed by atoms with Gasteiger partial charge < -0.3 is 28.8 Å². The first kappa shape index (κ1) is 56.0. The highest BCUT2D eigenvalue weighted by Crippen LogP contribution is 2.38. The molecule has 338 valence electrons. The quantitative estimate of drug-likeness (QED) is 0.0274. The Kier molecular flexibility index (Phi) is 39.7. The van der Waals surface area contributed by atoms with Crippen molar-refractivity contribution in [3.05, 3.63) is 24.3 Å². The predicted octanol–water partition coefficient (Wildman–Crippen LogP) is 13.1. The molecule has 0 aromatic heterocycles. The van der Waals surface area contributed by atoms with Crippen LogP contribution >= 0.6 is 7.82 Å². The standard InChI is InChI=1S/C48H95N2O6P/c1-6-8-10-12-14-16-18-20-21-22-23-24-25-26-27-28-29-30-32-34-36-38-40-42-48(52)49-46(45-56-57(53,54)55-44-43-50(3,4)5)47(51)41-39-37-35-33-31-19-17-15-13-11-9-7-2/h20-21,39,41,46-47,51H,6-19,22-38,40,42-45H2,1-5H3,(H-,49,52,53,54)/b21-20+,41-39+/t46-,47+/m0/s1. The Morgan fingerprint density at radius 3 is 1.37 bits per heavy atom. The van der Waals surface area contributed by atoms with Gasteiger partial charge in [-0.05, 0) is 44.9 Å². The van der Waals surface area contributed by atoms with Crippen molar-refractivity contribution in [2.45, 2.75) is 238 Å². The van der Waals surface area contributed by atoms with E-state index in [1.165, 1.54) is 167 Å². The van der Waals surface area contributed by atoms with Gasteiger partial charge in [0.25, 0.3) is 7.82 Å². The number of phosphoric acid groups is 1. The zero-order chi connectivity index (χ0) is 42.1. The molecule has 0 aliphatic rings. The van der Waals surface area contributed by atoms with Crippen LogP contribution in [-0.2, 0) is 18.4 Å². The molecule has 57 heavy (non-hydrogen) atoms. The molecule has 8 nitrogen and oxygen atoms in total. The summed E-state index contributed by atoms with van der Waals surface area (Å²) in [4.78, 5) is 25.3. The van der Waals surface area contributed by atoms with Crippen LogP contribution in [0.3, 0.4) is 0 Å². The van der Waals surface area contributed by atoms with E-state index in [1.54, 1.807) is 6.08 Å². The van der Waals surface area contributed by atoms with Crippen molar-refractivity contribution in [3.8, 4) is 0 Å². The summed E-state index contributed by atoms with van der Waals surface area (Å²) in [6, 6.07) is -0.882. The van der Waals surface area contributed by atoms with Crippen molar-refractivity contribution < 1.29 is 32.9 Å². The Morgan fingerprint density at radius 2 is 0.965 bits per heavy atom. The molecule has 0 aromatic rings. The van der Waals surface area contributed by atoms with E-state index in [2.05, 4.69) is 31.3 Å². The molecule has 0 aliphatic heterocycles. The summed E-state index contributed by atoms with van der Waals surface area (Å²) in [6.45, 7) is 4.64. The Labute approximate surface area is 354 Å². The second-order valence-electron chi connectivity index (χ2n) is 17.8. The fraction of sp³-hybridized carbons (Fsp3) is 0.896. The summed E-state index contributed by atoms with van der Waals surface area (Å²) >= 11 is 0. The van der Waals surface area contributed by atoms with Crippen molar-refractivity contribution >= 4 is 13.7 Å². The molecule has 1 unspecified atom stereocenters. The average molecular weight is 827 g/mol. The van der Waals surface area contributed by atoms with Gasteiger partial charge in [0.15, 0.2) is 0 Å². The molecule has 0 rings (SSSR count). The summed E-state index contributed by atoms with van der Waals surface area (Å²) in [7, 11) is 1.27. The summed E-state index contributed by atoms with van der Waals surface area (Å²) in [5.74, 6) is -0.197. The topological polar surface area (TPSA) is 108 Å². The number of hydrogen-bond acceptors (Lipinski definition) is 6. The van der Waals surface area contributed by atoms with E-state index in [9.17, 15) is 19.4 Å². The van der Waals surface area contributed by atoms with Crippen LogP contribution in [-0.4, -0.2) is 68.5 Å². The van der Waals surface area contributed by atoms with Crippen LogP contribution in [0.2, 0.25) is 0 Å². The molecule has 9 heteroatoms. The largest absolute Gasteiger partial charge is 0.756 e. The average Bonchev–Trinajstić information content (AvgIpc) is 3.16. The number of amides is 1. The van der Waals surface area contributed by atoms with Gasteiger partial charge in [0.1, 0.15) is 13.2 Å². The van der Waals surface area contributed by atoms with Crippen LogP contribution in [0.15, 0.2) is 24.3 Å². The van der Waals surface area contributed by atoms with E-state index in [0.717, 1.165) is 38.5 Å². The van der Waals surface area contributed by atoms with Crippen molar-refractivity contribution in [1.82, 2.24) is 5.32 Å². The molecule has 0 heterocycles. The van der Waals surface area contributed by atoms with Gasteiger partial charge in [-0.25, -0.2) is 0 Å². The van der Waals surface area contributed by atoms with Crippen LogP contribution < -0.4 is 10.2 Å². The minimum absolute atomic E-state index is 0.000469. The van der Waals surface area contributed by atoms with E-state index in [0.29, 0.717) is 17.4 Å². The van der Waals surface area contributed by atoms with Gasteiger partial charge in [-0.15, -0.1) is 0 Å². The van der Waals surface area contributed by atoms with E-state index < -0.39 is 20.0 Å². The van der Waals surface area contributed by atoms with Crippen LogP contribution in [0.4, 0.5) is 0 Å². The number of unbranched alkanes of at least 4 members (excludes halogenated alkanes) is 29. The van der Waals surface area contributed by atoms with Crippen molar-refractivity contribution in [2.24, 2.45) is 0 Å². The SMILES string of the molecule is CCCCCCCC/C=C/CCCCCCCCCCCCCCCC(=O)N[C@@H](COP(=O)([O-])OCC[N+](C)(C)C)[C@H](O)/C=C/CCCCCCCCCCCC. The summed E-state index contributed by atoms with van der Waals surface area (Å²) in [5.41, 5.74) is 0. The first-order valence-electron chi connectivity index (χ1n) is 24.2. The summed E-state index contributed by atoms with van der Waals surface area (Å²) in [5, 5.41) is 13.8. The molecule has 0 aromatic carbocycles. The number of phosphoric ester groups is 1. The molecule has 0 spiro atoms. The van der Waals surface area contributed by atoms with Crippen molar-refractivity contribution in [2.75, 3.05) is 40.9 Å². The number of rotatable bonds is 44. The third kappa shape index (κ3) is 42.9. The number of likely N-dealkylation sites (N-methyl/N-ethyl adjacent to an activating group) is 1. The highest BCUT2D eigenvalue weighted by molar-refractivity contribution is 7.45. The lowest BCUT2D eigenvalue weighted by atomic mass is 10.0. The molecule has 0 bridgehead atoms. The number of carbonyl (C=O) groups excluding carboxylic acids is 1. The Morgan fingerprint density at radius 1 is 0.596 bits per heavy atom. The maximum atomic E-state index is 12.9. The van der Waals surface area contributed by atoms with Gasteiger partial charge >= 0.3 is 0 Å². The first-order valence-corrected chi connectivity index (χ1v) is 25.7. The van der Waals surface area contributed by atoms with E-state index in [4.69, 9.17) is 9.05 Å². The zero-order valence-corrected chi connectivity index (χ0v) is 39.2. The maximum Gasteiger partial charge on any atom is 0.268 e. The lowest BCUT2D eigenvalue weighted by Crippen LogP contribution is -2.45. The highest BCUT2D eigenvalue weighted by Gasteiger charge is 2.23. The van der Waals surface area contributed by atoms with E-state index in [1.807, 2.05) is 27.2 Å². The third-order valence-electron chi connectivity index (χ3n) is 10.9. The van der Waals surface area contributed by atoms with Crippen LogP contribution in [0.5, 0.6) is 0 Å². The number of aliphatic hydroxyl groups is 1. The molecule has 0 saturated carbocycles. The van der Waals surface area contributed by atoms with Crippen molar-refractivity contribution in [3.63, 3.8) is 0 Å². The molecule has 2 N–H and O–H groups in total. The molecule has 1 amide bonds. The third-order valence-corrected chi connectivity index (χ3v) is 11.9. The zero-order valence-electron chi connectivity index (χ0n) is 38.3. The van der Waals surface area contributed by atoms with Gasteiger partial charge in [0, 0.05) is 6.42 Å². The Bertz CT molecular complexity index is 984. The smallest absolute Gasteiger partial charge is 0.268 e. The minimum atomic E-state index is -4.58. The van der Waals surface area contributed by atoms with E-state index >= 15 is 0 Å². The van der Waals surface area contributed by atoms with Crippen LogP contribution in [0, 0.1) is 0 Å². The van der Waals surface area contributed by atoms with E-state index in [-0.39, 0.29) is 19.1 Å². The van der Waals surface area contributed by atoms with Gasteiger partial charge in [-0.3, -0.25) is 9.36 Å². The van der Waals surface area contributed by atoms with Gasteiger partial charge in [-0.1, -0.05) is 199 Å². The number of nitrogens with zero attached hydrogens (tertiary/aromatic N) is 1. The number of allylic oxidation sites excluding steroid dienone is 3. The van der Waals surface area contributed by atoms with Gasteiger partial charge in [0.2, 0.25) is 5.91 Å². The second-order valence-corrected chi connectivity index (χ2v) is 19.2. The first-order chi connectivity index (χ1) is 27.5. The minimum Gasteiger partial charge on any atom is -0.756 e. The number of aliphatic hydroxyl groups excluding tert-OH is 1. The molecule has 0 radical (unpaired) electrons. The maximum absolute atomic E-state index is 12.9. The number of carbonyl (C=O) groups is 1.